The zero-order chi connectivity index (χ0) is 14.7. The summed E-state index contributed by atoms with van der Waals surface area (Å²) in [5.41, 5.74) is 8.07. The van der Waals surface area contributed by atoms with E-state index < -0.39 is 0 Å². The summed E-state index contributed by atoms with van der Waals surface area (Å²) in [7, 11) is 0. The van der Waals surface area contributed by atoms with E-state index >= 15 is 0 Å². The Morgan fingerprint density at radius 2 is 2.15 bits per heavy atom. The quantitative estimate of drug-likeness (QED) is 0.909. The topological polar surface area (TPSA) is 47.1 Å². The highest BCUT2D eigenvalue weighted by Crippen LogP contribution is 2.27. The largest absolute Gasteiger partial charge is 0.330 e. The molecule has 4 nitrogen and oxygen atoms in total. The molecule has 0 bridgehead atoms. The molecule has 0 spiro atoms. The standard InChI is InChI=1S/C15H27ClN4/c1-4-13-15(16)14(20(5-2)18-13)10-19-7-6-11(3)12(8-17)9-19/h11-12H,4-10,17H2,1-3H3. The first kappa shape index (κ1) is 15.8. The predicted molar refractivity (Wildman–Crippen MR) is 83.9 cm³/mol. The molecule has 1 aliphatic rings. The normalized spacial score (nSPS) is 24.2. The van der Waals surface area contributed by atoms with Gasteiger partial charge in [0.1, 0.15) is 0 Å². The van der Waals surface area contributed by atoms with Gasteiger partial charge >= 0.3 is 0 Å². The van der Waals surface area contributed by atoms with E-state index in [0.717, 1.165) is 61.5 Å². The molecule has 114 valence electrons. The Kier molecular flexibility index (Phi) is 5.47. The smallest absolute Gasteiger partial charge is 0.0863 e. The molecular formula is C15H27ClN4. The van der Waals surface area contributed by atoms with Crippen LogP contribution in [0, 0.1) is 11.8 Å². The maximum Gasteiger partial charge on any atom is 0.0863 e. The van der Waals surface area contributed by atoms with Gasteiger partial charge in [0.25, 0.3) is 0 Å². The average Bonchev–Trinajstić information content (AvgIpc) is 2.77. The molecule has 0 aliphatic carbocycles. The highest BCUT2D eigenvalue weighted by molar-refractivity contribution is 6.31. The fourth-order valence-corrected chi connectivity index (χ4v) is 3.38. The molecule has 2 unspecified atom stereocenters. The fourth-order valence-electron chi connectivity index (χ4n) is 3.06. The molecule has 2 rings (SSSR count). The second-order valence-corrected chi connectivity index (χ2v) is 6.25. The lowest BCUT2D eigenvalue weighted by molar-refractivity contribution is 0.123. The summed E-state index contributed by atoms with van der Waals surface area (Å²) < 4.78 is 2.05. The van der Waals surface area contributed by atoms with E-state index in [4.69, 9.17) is 17.3 Å². The molecule has 0 aromatic carbocycles. The molecule has 1 aliphatic heterocycles. The van der Waals surface area contributed by atoms with Crippen LogP contribution in [0.25, 0.3) is 0 Å². The van der Waals surface area contributed by atoms with Gasteiger partial charge in [-0.25, -0.2) is 0 Å². The van der Waals surface area contributed by atoms with Crippen LogP contribution in [-0.2, 0) is 19.5 Å². The molecule has 20 heavy (non-hydrogen) atoms. The number of aromatic nitrogens is 2. The average molecular weight is 299 g/mol. The molecule has 5 heteroatoms. The third kappa shape index (κ3) is 3.18. The van der Waals surface area contributed by atoms with Crippen molar-refractivity contribution in [1.82, 2.24) is 14.7 Å². The van der Waals surface area contributed by atoms with E-state index in [1.54, 1.807) is 0 Å². The van der Waals surface area contributed by atoms with E-state index in [0.29, 0.717) is 5.92 Å². The lowest BCUT2D eigenvalue weighted by Crippen LogP contribution is -2.42. The van der Waals surface area contributed by atoms with Gasteiger partial charge in [0.2, 0.25) is 0 Å². The molecule has 2 heterocycles. The van der Waals surface area contributed by atoms with Crippen molar-refractivity contribution >= 4 is 11.6 Å². The van der Waals surface area contributed by atoms with Crippen molar-refractivity contribution in [1.29, 1.82) is 0 Å². The van der Waals surface area contributed by atoms with Gasteiger partial charge in [-0.1, -0.05) is 25.4 Å². The van der Waals surface area contributed by atoms with Crippen LogP contribution < -0.4 is 5.73 Å². The Hall–Kier alpha value is -0.580. The summed E-state index contributed by atoms with van der Waals surface area (Å²) >= 11 is 6.49. The molecule has 1 saturated heterocycles. The van der Waals surface area contributed by atoms with Crippen LogP contribution in [0.5, 0.6) is 0 Å². The minimum atomic E-state index is 0.603. The summed E-state index contributed by atoms with van der Waals surface area (Å²) in [6.45, 7) is 11.3. The van der Waals surface area contributed by atoms with Gasteiger partial charge in [0.05, 0.1) is 16.4 Å². The lowest BCUT2D eigenvalue weighted by atomic mass is 9.87. The minimum Gasteiger partial charge on any atom is -0.330 e. The van der Waals surface area contributed by atoms with Crippen molar-refractivity contribution in [3.63, 3.8) is 0 Å². The maximum absolute atomic E-state index is 6.49. The van der Waals surface area contributed by atoms with Gasteiger partial charge in [-0.05, 0) is 44.7 Å². The summed E-state index contributed by atoms with van der Waals surface area (Å²) in [5, 5.41) is 5.46. The van der Waals surface area contributed by atoms with E-state index in [1.165, 1.54) is 6.42 Å². The Balaban J connectivity index is 2.11. The molecule has 2 N–H and O–H groups in total. The van der Waals surface area contributed by atoms with Crippen molar-refractivity contribution in [3.05, 3.63) is 16.4 Å². The van der Waals surface area contributed by atoms with Crippen molar-refractivity contribution in [2.45, 2.75) is 46.7 Å². The molecule has 0 radical (unpaired) electrons. The molecule has 0 saturated carbocycles. The van der Waals surface area contributed by atoms with E-state index in [2.05, 4.69) is 35.5 Å². The van der Waals surface area contributed by atoms with E-state index in [1.807, 2.05) is 0 Å². The zero-order valence-electron chi connectivity index (χ0n) is 12.9. The van der Waals surface area contributed by atoms with Gasteiger partial charge in [-0.15, -0.1) is 0 Å². The van der Waals surface area contributed by atoms with Gasteiger partial charge in [0, 0.05) is 19.6 Å². The van der Waals surface area contributed by atoms with Crippen LogP contribution in [0.2, 0.25) is 5.02 Å². The van der Waals surface area contributed by atoms with Crippen LogP contribution in [0.3, 0.4) is 0 Å². The number of halogens is 1. The fraction of sp³-hybridized carbons (Fsp3) is 0.800. The lowest BCUT2D eigenvalue weighted by Gasteiger charge is -2.36. The minimum absolute atomic E-state index is 0.603. The van der Waals surface area contributed by atoms with Crippen molar-refractivity contribution in [2.24, 2.45) is 17.6 Å². The predicted octanol–water partition coefficient (Wildman–Crippen LogP) is 2.54. The number of nitrogens with zero attached hydrogens (tertiary/aromatic N) is 3. The van der Waals surface area contributed by atoms with E-state index in [9.17, 15) is 0 Å². The van der Waals surface area contributed by atoms with Gasteiger partial charge < -0.3 is 5.73 Å². The Morgan fingerprint density at radius 3 is 2.75 bits per heavy atom. The highest BCUT2D eigenvalue weighted by atomic mass is 35.5. The molecular weight excluding hydrogens is 272 g/mol. The molecule has 1 fully saturated rings. The van der Waals surface area contributed by atoms with Crippen LogP contribution >= 0.6 is 11.6 Å². The summed E-state index contributed by atoms with van der Waals surface area (Å²) in [6, 6.07) is 0. The second kappa shape index (κ2) is 6.92. The Bertz CT molecular complexity index is 443. The number of piperidine rings is 1. The number of likely N-dealkylation sites (tertiary alicyclic amines) is 1. The van der Waals surface area contributed by atoms with Gasteiger partial charge in [-0.2, -0.15) is 5.10 Å². The number of rotatable bonds is 5. The maximum atomic E-state index is 6.49. The summed E-state index contributed by atoms with van der Waals surface area (Å²) in [6.07, 6.45) is 2.11. The Morgan fingerprint density at radius 1 is 1.40 bits per heavy atom. The molecule has 2 atom stereocenters. The first-order chi connectivity index (χ1) is 9.60. The number of hydrogen-bond acceptors (Lipinski definition) is 3. The molecule has 0 amide bonds. The first-order valence-corrected chi connectivity index (χ1v) is 8.14. The monoisotopic (exact) mass is 298 g/mol. The molecule has 1 aromatic heterocycles. The van der Waals surface area contributed by atoms with Gasteiger partial charge in [0.15, 0.2) is 0 Å². The molecule has 1 aromatic rings. The third-order valence-corrected chi connectivity index (χ3v) is 5.00. The van der Waals surface area contributed by atoms with Gasteiger partial charge in [-0.3, -0.25) is 9.58 Å². The van der Waals surface area contributed by atoms with Crippen LogP contribution in [0.4, 0.5) is 0 Å². The van der Waals surface area contributed by atoms with Crippen molar-refractivity contribution < 1.29 is 0 Å². The summed E-state index contributed by atoms with van der Waals surface area (Å²) in [4.78, 5) is 2.48. The zero-order valence-corrected chi connectivity index (χ0v) is 13.7. The van der Waals surface area contributed by atoms with Crippen LogP contribution in [0.1, 0.15) is 38.6 Å². The van der Waals surface area contributed by atoms with Crippen LogP contribution in [0.15, 0.2) is 0 Å². The number of nitrogens with two attached hydrogens (primary N) is 1. The second-order valence-electron chi connectivity index (χ2n) is 5.87. The highest BCUT2D eigenvalue weighted by Gasteiger charge is 2.26. The van der Waals surface area contributed by atoms with Crippen molar-refractivity contribution in [3.8, 4) is 0 Å². The SMILES string of the molecule is CCc1nn(CC)c(CN2CCC(C)C(CN)C2)c1Cl. The number of aryl methyl sites for hydroxylation is 2. The van der Waals surface area contributed by atoms with Crippen LogP contribution in [-0.4, -0.2) is 34.3 Å². The third-order valence-electron chi connectivity index (χ3n) is 4.57. The summed E-state index contributed by atoms with van der Waals surface area (Å²) in [5.74, 6) is 1.33. The number of hydrogen-bond donors (Lipinski definition) is 1. The van der Waals surface area contributed by atoms with E-state index in [-0.39, 0.29) is 0 Å². The first-order valence-electron chi connectivity index (χ1n) is 7.77. The Labute approximate surface area is 127 Å². The van der Waals surface area contributed by atoms with Crippen molar-refractivity contribution in [2.75, 3.05) is 19.6 Å².